The Morgan fingerprint density at radius 3 is 2.82 bits per heavy atom. The number of esters is 1. The molecule has 0 fully saturated rings. The second-order valence-electron chi connectivity index (χ2n) is 3.23. The Balaban J connectivity index is 2.58. The molecule has 6 heteroatoms. The van der Waals surface area contributed by atoms with Crippen LogP contribution < -0.4 is 0 Å². The second-order valence-corrected chi connectivity index (χ2v) is 4.00. The summed E-state index contributed by atoms with van der Waals surface area (Å²) in [6.07, 6.45) is 2.86. The van der Waals surface area contributed by atoms with Crippen LogP contribution in [0.1, 0.15) is 17.3 Å². The molecule has 2 aromatic heterocycles. The summed E-state index contributed by atoms with van der Waals surface area (Å²) in [5, 5.41) is 1.17. The molecular formula is C11H8Cl2N2O2. The number of nitrogens with zero attached hydrogens (tertiary/aromatic N) is 2. The van der Waals surface area contributed by atoms with Crippen molar-refractivity contribution >= 4 is 40.1 Å². The molecule has 17 heavy (non-hydrogen) atoms. The van der Waals surface area contributed by atoms with Crippen molar-refractivity contribution in [2.75, 3.05) is 6.61 Å². The zero-order chi connectivity index (χ0) is 12.4. The van der Waals surface area contributed by atoms with Gasteiger partial charge in [-0.15, -0.1) is 0 Å². The minimum atomic E-state index is -0.498. The molecule has 0 saturated carbocycles. The number of rotatable bonds is 2. The maximum atomic E-state index is 11.6. The first-order chi connectivity index (χ1) is 8.13. The standard InChI is InChI=1S/C11H8Cl2N2O2/c1-2-17-11(16)7-5-14-8-3-9(12)15-4-6(8)10(7)13/h3-5H,2H2,1H3. The van der Waals surface area contributed by atoms with Gasteiger partial charge in [0.1, 0.15) is 5.15 Å². The van der Waals surface area contributed by atoms with Crippen LogP contribution in [0.15, 0.2) is 18.5 Å². The number of ether oxygens (including phenoxy) is 1. The Labute approximate surface area is 108 Å². The summed E-state index contributed by atoms with van der Waals surface area (Å²) >= 11 is 11.8. The molecule has 0 amide bonds. The Morgan fingerprint density at radius 1 is 1.35 bits per heavy atom. The summed E-state index contributed by atoms with van der Waals surface area (Å²) in [5.41, 5.74) is 0.813. The number of aromatic nitrogens is 2. The van der Waals surface area contributed by atoms with Crippen LogP contribution in [0.25, 0.3) is 10.9 Å². The smallest absolute Gasteiger partial charge is 0.341 e. The molecule has 0 unspecified atom stereocenters. The average Bonchev–Trinajstić information content (AvgIpc) is 2.29. The van der Waals surface area contributed by atoms with Gasteiger partial charge in [-0.25, -0.2) is 9.78 Å². The number of hydrogen-bond donors (Lipinski definition) is 0. The van der Waals surface area contributed by atoms with E-state index in [-0.39, 0.29) is 17.2 Å². The van der Waals surface area contributed by atoms with E-state index in [1.54, 1.807) is 13.0 Å². The molecule has 2 aromatic rings. The molecule has 0 spiro atoms. The number of halogens is 2. The Kier molecular flexibility index (Phi) is 3.45. The normalized spacial score (nSPS) is 10.5. The third-order valence-electron chi connectivity index (χ3n) is 2.15. The average molecular weight is 271 g/mol. The van der Waals surface area contributed by atoms with Gasteiger partial charge in [-0.3, -0.25) is 4.98 Å². The molecule has 0 aliphatic carbocycles. The third-order valence-corrected chi connectivity index (χ3v) is 2.76. The van der Waals surface area contributed by atoms with Crippen molar-refractivity contribution in [1.82, 2.24) is 9.97 Å². The van der Waals surface area contributed by atoms with Crippen LogP contribution in [0.2, 0.25) is 10.2 Å². The fraction of sp³-hybridized carbons (Fsp3) is 0.182. The molecule has 0 N–H and O–H groups in total. The first kappa shape index (κ1) is 12.1. The highest BCUT2D eigenvalue weighted by Gasteiger charge is 2.15. The zero-order valence-electron chi connectivity index (χ0n) is 8.91. The molecule has 0 bridgehead atoms. The highest BCUT2D eigenvalue weighted by Crippen LogP contribution is 2.26. The van der Waals surface area contributed by atoms with Crippen LogP contribution in [0.4, 0.5) is 0 Å². The molecule has 0 atom stereocenters. The molecule has 0 radical (unpaired) electrons. The van der Waals surface area contributed by atoms with Gasteiger partial charge in [-0.05, 0) is 6.92 Å². The van der Waals surface area contributed by atoms with Gasteiger partial charge >= 0.3 is 5.97 Å². The summed E-state index contributed by atoms with van der Waals surface area (Å²) in [7, 11) is 0. The highest BCUT2D eigenvalue weighted by atomic mass is 35.5. The lowest BCUT2D eigenvalue weighted by Gasteiger charge is -2.06. The van der Waals surface area contributed by atoms with Gasteiger partial charge < -0.3 is 4.74 Å². The Hall–Kier alpha value is -1.39. The van der Waals surface area contributed by atoms with Gasteiger partial charge in [0.2, 0.25) is 0 Å². The van der Waals surface area contributed by atoms with Crippen molar-refractivity contribution in [3.63, 3.8) is 0 Å². The van der Waals surface area contributed by atoms with Crippen molar-refractivity contribution in [3.8, 4) is 0 Å². The topological polar surface area (TPSA) is 52.1 Å². The zero-order valence-corrected chi connectivity index (χ0v) is 10.4. The van der Waals surface area contributed by atoms with Crippen LogP contribution in [0, 0.1) is 0 Å². The molecule has 0 saturated heterocycles. The number of fused-ring (bicyclic) bond motifs is 1. The number of hydrogen-bond acceptors (Lipinski definition) is 4. The van der Waals surface area contributed by atoms with Crippen LogP contribution >= 0.6 is 23.2 Å². The monoisotopic (exact) mass is 270 g/mol. The van der Waals surface area contributed by atoms with Crippen LogP contribution in [0.5, 0.6) is 0 Å². The molecule has 88 valence electrons. The maximum absolute atomic E-state index is 11.6. The third kappa shape index (κ3) is 2.33. The molecule has 4 nitrogen and oxygen atoms in total. The van der Waals surface area contributed by atoms with Crippen molar-refractivity contribution in [2.45, 2.75) is 6.92 Å². The molecule has 2 rings (SSSR count). The van der Waals surface area contributed by atoms with Crippen LogP contribution in [-0.2, 0) is 4.74 Å². The Morgan fingerprint density at radius 2 is 2.12 bits per heavy atom. The predicted molar refractivity (Wildman–Crippen MR) is 65.5 cm³/mol. The summed E-state index contributed by atoms with van der Waals surface area (Å²) in [6.45, 7) is 2.01. The molecule has 0 aliphatic heterocycles. The lowest BCUT2D eigenvalue weighted by Crippen LogP contribution is -2.06. The SMILES string of the molecule is CCOC(=O)c1cnc2cc(Cl)ncc2c1Cl. The van der Waals surface area contributed by atoms with Gasteiger partial charge in [-0.1, -0.05) is 23.2 Å². The fourth-order valence-corrected chi connectivity index (χ4v) is 1.81. The fourth-order valence-electron chi connectivity index (χ4n) is 1.38. The van der Waals surface area contributed by atoms with Crippen LogP contribution in [-0.4, -0.2) is 22.5 Å². The quantitative estimate of drug-likeness (QED) is 0.622. The van der Waals surface area contributed by atoms with Crippen LogP contribution in [0.3, 0.4) is 0 Å². The van der Waals surface area contributed by atoms with Gasteiger partial charge in [-0.2, -0.15) is 0 Å². The summed E-state index contributed by atoms with van der Waals surface area (Å²) in [6, 6.07) is 1.58. The maximum Gasteiger partial charge on any atom is 0.341 e. The van der Waals surface area contributed by atoms with Gasteiger partial charge in [0, 0.05) is 23.8 Å². The largest absolute Gasteiger partial charge is 0.462 e. The van der Waals surface area contributed by atoms with E-state index in [9.17, 15) is 4.79 Å². The van der Waals surface area contributed by atoms with E-state index >= 15 is 0 Å². The van der Waals surface area contributed by atoms with Gasteiger partial charge in [0.15, 0.2) is 0 Å². The lowest BCUT2D eigenvalue weighted by molar-refractivity contribution is 0.0526. The number of pyridine rings is 2. The van der Waals surface area contributed by atoms with E-state index in [0.29, 0.717) is 16.1 Å². The van der Waals surface area contributed by atoms with E-state index in [0.717, 1.165) is 0 Å². The van der Waals surface area contributed by atoms with E-state index in [1.807, 2.05) is 0 Å². The molecule has 2 heterocycles. The first-order valence-corrected chi connectivity index (χ1v) is 5.66. The summed E-state index contributed by atoms with van der Waals surface area (Å²) < 4.78 is 4.87. The minimum absolute atomic E-state index is 0.227. The number of carbonyl (C=O) groups is 1. The lowest BCUT2D eigenvalue weighted by atomic mass is 10.2. The summed E-state index contributed by atoms with van der Waals surface area (Å²) in [5.74, 6) is -0.498. The van der Waals surface area contributed by atoms with E-state index in [2.05, 4.69) is 9.97 Å². The van der Waals surface area contributed by atoms with Crippen molar-refractivity contribution < 1.29 is 9.53 Å². The van der Waals surface area contributed by atoms with Gasteiger partial charge in [0.25, 0.3) is 0 Å². The van der Waals surface area contributed by atoms with Crippen molar-refractivity contribution in [3.05, 3.63) is 34.2 Å². The first-order valence-electron chi connectivity index (χ1n) is 4.90. The van der Waals surface area contributed by atoms with E-state index < -0.39 is 5.97 Å². The van der Waals surface area contributed by atoms with E-state index in [4.69, 9.17) is 27.9 Å². The molecule has 0 aliphatic rings. The van der Waals surface area contributed by atoms with Crippen molar-refractivity contribution in [2.24, 2.45) is 0 Å². The number of carbonyl (C=O) groups excluding carboxylic acids is 1. The van der Waals surface area contributed by atoms with E-state index in [1.165, 1.54) is 12.4 Å². The highest BCUT2D eigenvalue weighted by molar-refractivity contribution is 6.38. The van der Waals surface area contributed by atoms with Gasteiger partial charge in [0.05, 0.1) is 22.7 Å². The Bertz CT molecular complexity index is 587. The predicted octanol–water partition coefficient (Wildman–Crippen LogP) is 3.11. The molecular weight excluding hydrogens is 263 g/mol. The molecule has 0 aromatic carbocycles. The second kappa shape index (κ2) is 4.85. The van der Waals surface area contributed by atoms with Crippen molar-refractivity contribution in [1.29, 1.82) is 0 Å². The summed E-state index contributed by atoms with van der Waals surface area (Å²) in [4.78, 5) is 19.6. The minimum Gasteiger partial charge on any atom is -0.462 e.